The SMILES string of the molecule is CCN[C@H]1C[C@H](C)S(=O)(=O)c2sc(S(=O)(=O)NC(C)(CC)C(=O)[C@H](C)OC(C)(CC)[Si](c3ccccc3)(c3ccccc3)C(C)(C)C)cc21. The minimum absolute atomic E-state index is 0.0721. The summed E-state index contributed by atoms with van der Waals surface area (Å²) in [7, 11) is -10.9. The van der Waals surface area contributed by atoms with Crippen molar-refractivity contribution in [1.82, 2.24) is 10.0 Å². The molecule has 2 heterocycles. The Morgan fingerprint density at radius 1 is 0.959 bits per heavy atom. The molecule has 0 saturated heterocycles. The first-order valence-electron chi connectivity index (χ1n) is 17.2. The van der Waals surface area contributed by atoms with Crippen LogP contribution in [0.25, 0.3) is 0 Å². The molecule has 0 bridgehead atoms. The van der Waals surface area contributed by atoms with Crippen molar-refractivity contribution in [2.45, 2.75) is 130 Å². The fourth-order valence-electron chi connectivity index (χ4n) is 7.96. The van der Waals surface area contributed by atoms with Crippen molar-refractivity contribution < 1.29 is 26.4 Å². The second-order valence-corrected chi connectivity index (χ2v) is 25.5. The highest BCUT2D eigenvalue weighted by Crippen LogP contribution is 2.47. The number of nitrogens with one attached hydrogen (secondary N) is 2. The summed E-state index contributed by atoms with van der Waals surface area (Å²) in [6.07, 6.45) is 0.179. The number of thiophene rings is 1. The molecule has 1 aliphatic rings. The van der Waals surface area contributed by atoms with Crippen LogP contribution in [-0.2, 0) is 29.4 Å². The topological polar surface area (TPSA) is 119 Å². The molecule has 0 radical (unpaired) electrons. The molecule has 0 saturated carbocycles. The van der Waals surface area contributed by atoms with Gasteiger partial charge >= 0.3 is 0 Å². The van der Waals surface area contributed by atoms with Crippen LogP contribution in [0.1, 0.15) is 100 Å². The lowest BCUT2D eigenvalue weighted by molar-refractivity contribution is -0.141. The summed E-state index contributed by atoms with van der Waals surface area (Å²) >= 11 is 0.753. The van der Waals surface area contributed by atoms with Gasteiger partial charge in [0.1, 0.15) is 14.5 Å². The molecule has 2 unspecified atom stereocenters. The molecule has 5 atom stereocenters. The molecule has 270 valence electrons. The van der Waals surface area contributed by atoms with E-state index in [0.29, 0.717) is 24.9 Å². The van der Waals surface area contributed by atoms with E-state index in [2.05, 4.69) is 68.9 Å². The summed E-state index contributed by atoms with van der Waals surface area (Å²) in [5, 5.41) is 4.01. The van der Waals surface area contributed by atoms with Crippen molar-refractivity contribution in [3.8, 4) is 0 Å². The molecule has 0 aliphatic carbocycles. The molecule has 12 heteroatoms. The van der Waals surface area contributed by atoms with Gasteiger partial charge in [-0.05, 0) is 64.6 Å². The second-order valence-electron chi connectivity index (χ2n) is 14.7. The summed E-state index contributed by atoms with van der Waals surface area (Å²) in [5.41, 5.74) is -1.05. The van der Waals surface area contributed by atoms with Gasteiger partial charge in [0.2, 0.25) is 0 Å². The Hall–Kier alpha value is -2.19. The third-order valence-corrected chi connectivity index (χ3v) is 23.2. The molecule has 49 heavy (non-hydrogen) atoms. The third kappa shape index (κ3) is 7.03. The normalized spacial score (nSPS) is 21.3. The van der Waals surface area contributed by atoms with E-state index in [4.69, 9.17) is 4.74 Å². The van der Waals surface area contributed by atoms with Crippen molar-refractivity contribution in [3.63, 3.8) is 0 Å². The largest absolute Gasteiger partial charge is 0.367 e. The highest BCUT2D eigenvalue weighted by molar-refractivity contribution is 7.95. The number of benzene rings is 2. The van der Waals surface area contributed by atoms with Crippen LogP contribution in [0.3, 0.4) is 0 Å². The van der Waals surface area contributed by atoms with Crippen molar-refractivity contribution >= 4 is 55.4 Å². The van der Waals surface area contributed by atoms with Gasteiger partial charge in [0.05, 0.1) is 16.0 Å². The van der Waals surface area contributed by atoms with Crippen molar-refractivity contribution in [3.05, 3.63) is 72.3 Å². The van der Waals surface area contributed by atoms with Crippen LogP contribution < -0.4 is 20.4 Å². The summed E-state index contributed by atoms with van der Waals surface area (Å²) in [4.78, 5) is 14.5. The lowest BCUT2D eigenvalue weighted by Gasteiger charge is -2.55. The first-order valence-corrected chi connectivity index (χ1v) is 23.1. The van der Waals surface area contributed by atoms with Gasteiger partial charge in [-0.2, -0.15) is 4.72 Å². The van der Waals surface area contributed by atoms with Gasteiger partial charge in [-0.15, -0.1) is 11.3 Å². The maximum atomic E-state index is 14.5. The van der Waals surface area contributed by atoms with E-state index in [0.717, 1.165) is 11.3 Å². The van der Waals surface area contributed by atoms with Crippen molar-refractivity contribution in [2.75, 3.05) is 6.54 Å². The standard InChI is InChI=1S/C37H54N2O6S3Si/c1-11-36(9,39-48(43,44)32-25-30-31(38-13-3)24-26(4)47(41,42)34(30)46-32)33(40)27(5)45-37(10,12-2)49(35(6,7)8,28-20-16-14-17-21-28)29-22-18-15-19-23-29/h14-23,25-27,31,38-39H,11-13,24H2,1-10H3/t26-,27-,31-,36?,37?/m0/s1. The van der Waals surface area contributed by atoms with E-state index in [1.807, 2.05) is 43.3 Å². The van der Waals surface area contributed by atoms with Gasteiger partial charge in [0, 0.05) is 11.6 Å². The summed E-state index contributed by atoms with van der Waals surface area (Å²) < 4.78 is 64.2. The smallest absolute Gasteiger partial charge is 0.251 e. The average molecular weight is 747 g/mol. The molecular formula is C37H54N2O6S3Si. The Labute approximate surface area is 299 Å². The quantitative estimate of drug-likeness (QED) is 0.190. The Bertz CT molecular complexity index is 1800. The molecule has 3 aromatic rings. The lowest BCUT2D eigenvalue weighted by Crippen LogP contribution is -2.78. The minimum atomic E-state index is -4.29. The number of carbonyl (C=O) groups excluding carboxylic acids is 1. The summed E-state index contributed by atoms with van der Waals surface area (Å²) in [5.74, 6) is -0.385. The molecule has 0 amide bonds. The zero-order valence-electron chi connectivity index (χ0n) is 30.6. The maximum absolute atomic E-state index is 14.5. The zero-order chi connectivity index (χ0) is 36.6. The monoisotopic (exact) mass is 746 g/mol. The van der Waals surface area contributed by atoms with E-state index in [1.54, 1.807) is 27.7 Å². The Balaban J connectivity index is 1.74. The van der Waals surface area contributed by atoms with Crippen molar-refractivity contribution in [1.29, 1.82) is 0 Å². The van der Waals surface area contributed by atoms with Gasteiger partial charge in [-0.3, -0.25) is 4.79 Å². The molecule has 2 aromatic carbocycles. The Kier molecular flexibility index (Phi) is 11.7. The maximum Gasteiger partial charge on any atom is 0.251 e. The van der Waals surface area contributed by atoms with Gasteiger partial charge in [-0.25, -0.2) is 16.8 Å². The number of fused-ring (bicyclic) bond motifs is 1. The number of ether oxygens (including phenoxy) is 1. The first kappa shape index (κ1) is 39.6. The average Bonchev–Trinajstić information content (AvgIpc) is 3.52. The fourth-order valence-corrected chi connectivity index (χ4v) is 20.5. The highest BCUT2D eigenvalue weighted by atomic mass is 32.3. The molecule has 0 spiro atoms. The van der Waals surface area contributed by atoms with Crippen LogP contribution in [0.2, 0.25) is 5.04 Å². The first-order chi connectivity index (χ1) is 22.8. The Morgan fingerprint density at radius 2 is 1.49 bits per heavy atom. The van der Waals surface area contributed by atoms with E-state index in [1.165, 1.54) is 16.4 Å². The molecule has 0 fully saturated rings. The summed E-state index contributed by atoms with van der Waals surface area (Å²) in [6.45, 7) is 20.2. The number of rotatable bonds is 14. The van der Waals surface area contributed by atoms with Gasteiger partial charge < -0.3 is 10.1 Å². The van der Waals surface area contributed by atoms with Crippen LogP contribution in [0.5, 0.6) is 0 Å². The summed E-state index contributed by atoms with van der Waals surface area (Å²) in [6, 6.07) is 22.1. The molecule has 4 rings (SSSR count). The predicted molar refractivity (Wildman–Crippen MR) is 203 cm³/mol. The molecule has 2 N–H and O–H groups in total. The van der Waals surface area contributed by atoms with Crippen LogP contribution in [0.15, 0.2) is 75.1 Å². The highest BCUT2D eigenvalue weighted by Gasteiger charge is 2.61. The van der Waals surface area contributed by atoms with Gasteiger partial charge in [-0.1, -0.05) is 113 Å². The molecule has 1 aromatic heterocycles. The van der Waals surface area contributed by atoms with E-state index >= 15 is 0 Å². The van der Waals surface area contributed by atoms with Crippen LogP contribution >= 0.6 is 11.3 Å². The van der Waals surface area contributed by atoms with Gasteiger partial charge in [0.15, 0.2) is 23.7 Å². The number of carbonyl (C=O) groups is 1. The van der Waals surface area contributed by atoms with Crippen molar-refractivity contribution in [2.24, 2.45) is 0 Å². The third-order valence-electron chi connectivity index (χ3n) is 10.6. The second kappa shape index (κ2) is 14.4. The number of ketones is 1. The molecular weight excluding hydrogens is 693 g/mol. The number of hydrogen-bond donors (Lipinski definition) is 2. The number of sulfonamides is 1. The molecule has 8 nitrogen and oxygen atoms in total. The van der Waals surface area contributed by atoms with E-state index in [-0.39, 0.29) is 31.7 Å². The fraction of sp³-hybridized carbons (Fsp3) is 0.541. The van der Waals surface area contributed by atoms with Crippen LogP contribution in [-0.4, -0.2) is 59.4 Å². The lowest BCUT2D eigenvalue weighted by atomic mass is 9.91. The van der Waals surface area contributed by atoms with Crippen LogP contribution in [0, 0.1) is 0 Å². The number of Topliss-reactive ketones (excluding diaryl/α,β-unsaturated/α-hetero) is 1. The number of sulfone groups is 1. The molecule has 1 aliphatic heterocycles. The zero-order valence-corrected chi connectivity index (χ0v) is 34.0. The number of hydrogen-bond acceptors (Lipinski definition) is 8. The van der Waals surface area contributed by atoms with Gasteiger partial charge in [0.25, 0.3) is 10.0 Å². The minimum Gasteiger partial charge on any atom is -0.367 e. The Morgan fingerprint density at radius 3 is 1.94 bits per heavy atom. The van der Waals surface area contributed by atoms with E-state index in [9.17, 15) is 21.6 Å². The van der Waals surface area contributed by atoms with E-state index < -0.39 is 50.1 Å². The van der Waals surface area contributed by atoms with Crippen LogP contribution in [0.4, 0.5) is 0 Å². The predicted octanol–water partition coefficient (Wildman–Crippen LogP) is 6.16.